The van der Waals surface area contributed by atoms with Crippen molar-refractivity contribution in [3.63, 3.8) is 0 Å². The van der Waals surface area contributed by atoms with Crippen LogP contribution in [0, 0.1) is 0 Å². The summed E-state index contributed by atoms with van der Waals surface area (Å²) in [6.45, 7) is 4.28. The molecule has 0 saturated heterocycles. The number of halogens is 1. The third kappa shape index (κ3) is 4.49. The molecule has 17 heavy (non-hydrogen) atoms. The lowest BCUT2D eigenvalue weighted by atomic mass is 10.5. The van der Waals surface area contributed by atoms with Crippen LogP contribution in [0.2, 0.25) is 0 Å². The fourth-order valence-electron chi connectivity index (χ4n) is 1.22. The van der Waals surface area contributed by atoms with Crippen LogP contribution in [0.25, 0.3) is 0 Å². The Bertz CT molecular complexity index is 311. The van der Waals surface area contributed by atoms with Gasteiger partial charge in [0.1, 0.15) is 5.38 Å². The van der Waals surface area contributed by atoms with Gasteiger partial charge in [0.05, 0.1) is 13.2 Å². The van der Waals surface area contributed by atoms with Crippen molar-refractivity contribution < 1.29 is 13.9 Å². The van der Waals surface area contributed by atoms with Crippen molar-refractivity contribution in [2.45, 2.75) is 12.3 Å². The summed E-state index contributed by atoms with van der Waals surface area (Å²) in [6, 6.07) is 0.446. The topological polar surface area (TPSA) is 60.6 Å². The number of rotatable bonds is 8. The maximum atomic E-state index is 5.87. The number of alkyl halides is 1. The standard InChI is InChI=1S/C10H18ClN3O3/c1-8(11)9-12-13-10(17-9)14(4-6-15-2)5-7-16-3/h8H,4-7H2,1-3H3. The lowest BCUT2D eigenvalue weighted by Crippen LogP contribution is -2.30. The average molecular weight is 264 g/mol. The molecule has 98 valence electrons. The molecule has 1 unspecified atom stereocenters. The van der Waals surface area contributed by atoms with Gasteiger partial charge in [-0.05, 0) is 6.92 Å². The van der Waals surface area contributed by atoms with Crippen molar-refractivity contribution in [2.75, 3.05) is 45.4 Å². The molecule has 6 nitrogen and oxygen atoms in total. The van der Waals surface area contributed by atoms with Crippen molar-refractivity contribution in [2.24, 2.45) is 0 Å². The van der Waals surface area contributed by atoms with Gasteiger partial charge in [-0.2, -0.15) is 0 Å². The zero-order chi connectivity index (χ0) is 12.7. The number of hydrogen-bond donors (Lipinski definition) is 0. The van der Waals surface area contributed by atoms with E-state index < -0.39 is 0 Å². The molecule has 1 aromatic rings. The molecule has 0 spiro atoms. The summed E-state index contributed by atoms with van der Waals surface area (Å²) in [5, 5.41) is 7.55. The van der Waals surface area contributed by atoms with Crippen molar-refractivity contribution in [1.29, 1.82) is 0 Å². The Morgan fingerprint density at radius 3 is 2.24 bits per heavy atom. The Morgan fingerprint density at radius 2 is 1.82 bits per heavy atom. The van der Waals surface area contributed by atoms with Crippen LogP contribution in [0.5, 0.6) is 0 Å². The molecule has 1 rings (SSSR count). The molecule has 0 aliphatic carbocycles. The van der Waals surface area contributed by atoms with Crippen LogP contribution < -0.4 is 4.90 Å². The van der Waals surface area contributed by atoms with Crippen molar-refractivity contribution in [3.05, 3.63) is 5.89 Å². The molecule has 0 aliphatic rings. The average Bonchev–Trinajstić information content (AvgIpc) is 2.79. The van der Waals surface area contributed by atoms with Crippen molar-refractivity contribution in [3.8, 4) is 0 Å². The van der Waals surface area contributed by atoms with Crippen LogP contribution in [0.15, 0.2) is 4.42 Å². The highest BCUT2D eigenvalue weighted by Crippen LogP contribution is 2.21. The van der Waals surface area contributed by atoms with Gasteiger partial charge < -0.3 is 18.8 Å². The minimum absolute atomic E-state index is 0.289. The van der Waals surface area contributed by atoms with E-state index in [4.69, 9.17) is 25.5 Å². The zero-order valence-electron chi connectivity index (χ0n) is 10.4. The van der Waals surface area contributed by atoms with Crippen LogP contribution in [0.4, 0.5) is 6.01 Å². The normalized spacial score (nSPS) is 12.7. The maximum Gasteiger partial charge on any atom is 0.318 e. The molecule has 0 amide bonds. The molecule has 0 radical (unpaired) electrons. The third-order valence-corrected chi connectivity index (χ3v) is 2.36. The minimum Gasteiger partial charge on any atom is -0.406 e. The van der Waals surface area contributed by atoms with Gasteiger partial charge in [-0.3, -0.25) is 0 Å². The van der Waals surface area contributed by atoms with E-state index in [9.17, 15) is 0 Å². The molecule has 0 bridgehead atoms. The van der Waals surface area contributed by atoms with E-state index in [1.54, 1.807) is 21.1 Å². The molecule has 0 aliphatic heterocycles. The molecule has 1 heterocycles. The smallest absolute Gasteiger partial charge is 0.318 e. The Labute approximate surface area is 106 Å². The maximum absolute atomic E-state index is 5.87. The lowest BCUT2D eigenvalue weighted by Gasteiger charge is -2.18. The summed E-state index contributed by atoms with van der Waals surface area (Å²) in [4.78, 5) is 1.91. The zero-order valence-corrected chi connectivity index (χ0v) is 11.1. The largest absolute Gasteiger partial charge is 0.406 e. The van der Waals surface area contributed by atoms with Crippen LogP contribution in [-0.4, -0.2) is 50.7 Å². The van der Waals surface area contributed by atoms with Crippen molar-refractivity contribution in [1.82, 2.24) is 10.2 Å². The summed E-state index contributed by atoms with van der Waals surface area (Å²) in [6.07, 6.45) is 0. The Kier molecular flexibility index (Phi) is 6.25. The highest BCUT2D eigenvalue weighted by atomic mass is 35.5. The van der Waals surface area contributed by atoms with E-state index in [1.165, 1.54) is 0 Å². The molecule has 0 fully saturated rings. The minimum atomic E-state index is -0.289. The fourth-order valence-corrected chi connectivity index (χ4v) is 1.31. The highest BCUT2D eigenvalue weighted by Gasteiger charge is 2.16. The van der Waals surface area contributed by atoms with Crippen LogP contribution in [0.3, 0.4) is 0 Å². The first-order valence-electron chi connectivity index (χ1n) is 5.39. The van der Waals surface area contributed by atoms with Gasteiger partial charge in [0.25, 0.3) is 0 Å². The van der Waals surface area contributed by atoms with E-state index in [-0.39, 0.29) is 5.38 Å². The molecule has 0 N–H and O–H groups in total. The summed E-state index contributed by atoms with van der Waals surface area (Å²) in [5.41, 5.74) is 0. The highest BCUT2D eigenvalue weighted by molar-refractivity contribution is 6.20. The second kappa shape index (κ2) is 7.47. The van der Waals surface area contributed by atoms with Gasteiger partial charge >= 0.3 is 6.01 Å². The molecular weight excluding hydrogens is 246 g/mol. The third-order valence-electron chi connectivity index (χ3n) is 2.17. The van der Waals surface area contributed by atoms with E-state index in [1.807, 2.05) is 4.90 Å². The summed E-state index contributed by atoms with van der Waals surface area (Å²) in [5.74, 6) is 0.418. The van der Waals surface area contributed by atoms with Crippen LogP contribution >= 0.6 is 11.6 Å². The van der Waals surface area contributed by atoms with E-state index >= 15 is 0 Å². The lowest BCUT2D eigenvalue weighted by molar-refractivity contribution is 0.188. The Balaban J connectivity index is 2.65. The number of methoxy groups -OCH3 is 2. The van der Waals surface area contributed by atoms with Gasteiger partial charge in [-0.25, -0.2) is 0 Å². The fraction of sp³-hybridized carbons (Fsp3) is 0.800. The summed E-state index contributed by atoms with van der Waals surface area (Å²) in [7, 11) is 3.29. The number of hydrogen-bond acceptors (Lipinski definition) is 6. The second-order valence-corrected chi connectivity index (χ2v) is 4.17. The van der Waals surface area contributed by atoms with Gasteiger partial charge in [-0.15, -0.1) is 16.7 Å². The second-order valence-electron chi connectivity index (χ2n) is 3.51. The summed E-state index contributed by atoms with van der Waals surface area (Å²) >= 11 is 5.87. The van der Waals surface area contributed by atoms with Crippen LogP contribution in [-0.2, 0) is 9.47 Å². The SMILES string of the molecule is COCCN(CCOC)c1nnc(C(C)Cl)o1. The number of aromatic nitrogens is 2. The molecule has 0 saturated carbocycles. The predicted molar refractivity (Wildman–Crippen MR) is 64.5 cm³/mol. The first-order valence-corrected chi connectivity index (χ1v) is 5.83. The summed E-state index contributed by atoms with van der Waals surface area (Å²) < 4.78 is 15.5. The van der Waals surface area contributed by atoms with Gasteiger partial charge in [0.15, 0.2) is 0 Å². The number of nitrogens with zero attached hydrogens (tertiary/aromatic N) is 3. The molecule has 7 heteroatoms. The van der Waals surface area contributed by atoms with Crippen molar-refractivity contribution >= 4 is 17.6 Å². The van der Waals surface area contributed by atoms with E-state index in [2.05, 4.69) is 10.2 Å². The van der Waals surface area contributed by atoms with Crippen LogP contribution in [0.1, 0.15) is 18.2 Å². The van der Waals surface area contributed by atoms with E-state index in [0.717, 1.165) is 0 Å². The van der Waals surface area contributed by atoms with Gasteiger partial charge in [-0.1, -0.05) is 5.10 Å². The van der Waals surface area contributed by atoms with Gasteiger partial charge in [0, 0.05) is 27.3 Å². The monoisotopic (exact) mass is 263 g/mol. The molecule has 1 aromatic heterocycles. The molecule has 0 aromatic carbocycles. The number of ether oxygens (including phenoxy) is 2. The Hall–Kier alpha value is -0.850. The first kappa shape index (κ1) is 14.2. The first-order chi connectivity index (χ1) is 8.19. The molecular formula is C10H18ClN3O3. The number of anilines is 1. The quantitative estimate of drug-likeness (QED) is 0.662. The predicted octanol–water partition coefficient (Wildman–Crippen LogP) is 1.47. The van der Waals surface area contributed by atoms with E-state index in [0.29, 0.717) is 38.2 Å². The van der Waals surface area contributed by atoms with Gasteiger partial charge in [0.2, 0.25) is 5.89 Å². The Morgan fingerprint density at radius 1 is 1.24 bits per heavy atom. The molecule has 1 atom stereocenters.